The van der Waals surface area contributed by atoms with Crippen LogP contribution in [-0.4, -0.2) is 21.7 Å². The Balaban J connectivity index is 2.61. The molecule has 21 heavy (non-hydrogen) atoms. The van der Waals surface area contributed by atoms with E-state index in [1.165, 1.54) is 6.20 Å². The first-order chi connectivity index (χ1) is 9.86. The van der Waals surface area contributed by atoms with Crippen LogP contribution in [0.25, 0.3) is 11.3 Å². The fourth-order valence-electron chi connectivity index (χ4n) is 2.03. The predicted octanol–water partition coefficient (Wildman–Crippen LogP) is 3.61. The number of hydrogen-bond donors (Lipinski definition) is 1. The van der Waals surface area contributed by atoms with Crippen LogP contribution in [0.2, 0.25) is 0 Å². The number of nitrogens with zero attached hydrogens (tertiary/aromatic N) is 3. The number of nitrogens with one attached hydrogen (secondary N) is 1. The van der Waals surface area contributed by atoms with Crippen LogP contribution in [0.1, 0.15) is 23.6 Å². The summed E-state index contributed by atoms with van der Waals surface area (Å²) in [5.74, 6) is 0.580. The van der Waals surface area contributed by atoms with E-state index in [1.54, 1.807) is 13.8 Å². The third kappa shape index (κ3) is 2.96. The molecule has 2 heterocycles. The Morgan fingerprint density at radius 3 is 2.48 bits per heavy atom. The van der Waals surface area contributed by atoms with Crippen molar-refractivity contribution in [2.24, 2.45) is 0 Å². The Bertz CT molecular complexity index is 653. The summed E-state index contributed by atoms with van der Waals surface area (Å²) in [5.41, 5.74) is 0.819. The number of aromatic nitrogens is 3. The van der Waals surface area contributed by atoms with Gasteiger partial charge in [-0.1, -0.05) is 0 Å². The largest absolute Gasteiger partial charge is 0.417 e. The van der Waals surface area contributed by atoms with Crippen LogP contribution in [0.4, 0.5) is 19.0 Å². The lowest BCUT2D eigenvalue weighted by atomic mass is 10.0. The van der Waals surface area contributed by atoms with Crippen LogP contribution in [0.5, 0.6) is 0 Å². The van der Waals surface area contributed by atoms with Gasteiger partial charge in [0, 0.05) is 24.5 Å². The number of alkyl halides is 3. The predicted molar refractivity (Wildman–Crippen MR) is 73.9 cm³/mol. The molecule has 0 saturated carbocycles. The zero-order valence-electron chi connectivity index (χ0n) is 11.9. The van der Waals surface area contributed by atoms with Gasteiger partial charge in [-0.2, -0.15) is 13.2 Å². The van der Waals surface area contributed by atoms with Crippen molar-refractivity contribution in [2.75, 3.05) is 11.9 Å². The van der Waals surface area contributed by atoms with E-state index >= 15 is 0 Å². The average molecular weight is 296 g/mol. The van der Waals surface area contributed by atoms with E-state index in [1.807, 2.05) is 6.92 Å². The quantitative estimate of drug-likeness (QED) is 0.940. The van der Waals surface area contributed by atoms with Crippen molar-refractivity contribution in [3.05, 3.63) is 35.2 Å². The zero-order chi connectivity index (χ0) is 15.6. The molecule has 2 aromatic rings. The topological polar surface area (TPSA) is 50.7 Å². The fraction of sp³-hybridized carbons (Fsp3) is 0.357. The van der Waals surface area contributed by atoms with Crippen LogP contribution in [0.3, 0.4) is 0 Å². The molecule has 0 unspecified atom stereocenters. The van der Waals surface area contributed by atoms with Crippen molar-refractivity contribution >= 4 is 5.82 Å². The highest BCUT2D eigenvalue weighted by atomic mass is 19.4. The molecule has 0 bridgehead atoms. The van der Waals surface area contributed by atoms with Gasteiger partial charge in [0.05, 0.1) is 11.3 Å². The summed E-state index contributed by atoms with van der Waals surface area (Å²) in [6.45, 7) is 6.10. The molecule has 2 aromatic heterocycles. The third-order valence-electron chi connectivity index (χ3n) is 3.25. The van der Waals surface area contributed by atoms with Gasteiger partial charge >= 0.3 is 6.18 Å². The molecular weight excluding hydrogens is 281 g/mol. The first-order valence-corrected chi connectivity index (χ1v) is 6.45. The van der Waals surface area contributed by atoms with Crippen molar-refractivity contribution in [1.82, 2.24) is 15.2 Å². The lowest BCUT2D eigenvalue weighted by Crippen LogP contribution is -2.10. The molecule has 0 saturated heterocycles. The molecule has 0 aliphatic rings. The summed E-state index contributed by atoms with van der Waals surface area (Å²) in [7, 11) is 0. The van der Waals surface area contributed by atoms with Crippen molar-refractivity contribution < 1.29 is 13.2 Å². The highest BCUT2D eigenvalue weighted by Gasteiger charge is 2.34. The Morgan fingerprint density at radius 2 is 1.86 bits per heavy atom. The van der Waals surface area contributed by atoms with Crippen molar-refractivity contribution in [3.8, 4) is 11.3 Å². The molecule has 2 rings (SSSR count). The van der Waals surface area contributed by atoms with Gasteiger partial charge in [0.2, 0.25) is 0 Å². The summed E-state index contributed by atoms with van der Waals surface area (Å²) < 4.78 is 39.2. The molecule has 112 valence electrons. The standard InChI is InChI=1S/C14H15F3N4/c1-4-19-13-9(3)8(2)12(20-21-13)10-7-18-6-5-11(10)14(15,16)17/h5-7H,4H2,1-3H3,(H,19,21). The van der Waals surface area contributed by atoms with E-state index in [9.17, 15) is 13.2 Å². The number of rotatable bonds is 3. The first kappa shape index (κ1) is 15.2. The molecule has 0 radical (unpaired) electrons. The Morgan fingerprint density at radius 1 is 1.14 bits per heavy atom. The molecule has 0 aliphatic carbocycles. The first-order valence-electron chi connectivity index (χ1n) is 6.45. The highest BCUT2D eigenvalue weighted by Crippen LogP contribution is 2.37. The van der Waals surface area contributed by atoms with E-state index in [-0.39, 0.29) is 11.3 Å². The number of anilines is 1. The molecule has 0 fully saturated rings. The van der Waals surface area contributed by atoms with E-state index in [2.05, 4.69) is 20.5 Å². The van der Waals surface area contributed by atoms with Crippen LogP contribution in [0.15, 0.2) is 18.5 Å². The molecule has 1 N–H and O–H groups in total. The Kier molecular flexibility index (Phi) is 4.11. The third-order valence-corrected chi connectivity index (χ3v) is 3.25. The molecule has 0 aliphatic heterocycles. The van der Waals surface area contributed by atoms with Crippen LogP contribution >= 0.6 is 0 Å². The minimum atomic E-state index is -4.46. The number of halogens is 3. The van der Waals surface area contributed by atoms with Gasteiger partial charge in [-0.05, 0) is 38.0 Å². The van der Waals surface area contributed by atoms with Crippen LogP contribution < -0.4 is 5.32 Å². The van der Waals surface area contributed by atoms with E-state index in [0.29, 0.717) is 17.9 Å². The van der Waals surface area contributed by atoms with Gasteiger partial charge in [0.25, 0.3) is 0 Å². The van der Waals surface area contributed by atoms with Crippen molar-refractivity contribution in [3.63, 3.8) is 0 Å². The summed E-state index contributed by atoms with van der Waals surface area (Å²) in [6.07, 6.45) is -2.16. The summed E-state index contributed by atoms with van der Waals surface area (Å²) in [4.78, 5) is 3.78. The van der Waals surface area contributed by atoms with Crippen LogP contribution in [0, 0.1) is 13.8 Å². The van der Waals surface area contributed by atoms with E-state index in [4.69, 9.17) is 0 Å². The van der Waals surface area contributed by atoms with E-state index < -0.39 is 11.7 Å². The Hall–Kier alpha value is -2.18. The second-order valence-electron chi connectivity index (χ2n) is 4.60. The fourth-order valence-corrected chi connectivity index (χ4v) is 2.03. The maximum atomic E-state index is 13.1. The number of pyridine rings is 1. The second kappa shape index (κ2) is 5.67. The maximum absolute atomic E-state index is 13.1. The highest BCUT2D eigenvalue weighted by molar-refractivity contribution is 5.69. The van der Waals surface area contributed by atoms with Gasteiger partial charge in [0.15, 0.2) is 5.82 Å². The second-order valence-corrected chi connectivity index (χ2v) is 4.60. The molecule has 0 amide bonds. The molecule has 0 atom stereocenters. The maximum Gasteiger partial charge on any atom is 0.417 e. The lowest BCUT2D eigenvalue weighted by Gasteiger charge is -2.15. The molecule has 0 aromatic carbocycles. The van der Waals surface area contributed by atoms with Crippen LogP contribution in [-0.2, 0) is 6.18 Å². The summed E-state index contributed by atoms with van der Waals surface area (Å²) in [6, 6.07) is 0.948. The molecule has 0 spiro atoms. The smallest absolute Gasteiger partial charge is 0.369 e. The van der Waals surface area contributed by atoms with Gasteiger partial charge < -0.3 is 5.32 Å². The monoisotopic (exact) mass is 296 g/mol. The average Bonchev–Trinajstić information content (AvgIpc) is 2.43. The van der Waals surface area contributed by atoms with E-state index in [0.717, 1.165) is 17.8 Å². The van der Waals surface area contributed by atoms with Crippen molar-refractivity contribution in [2.45, 2.75) is 26.9 Å². The van der Waals surface area contributed by atoms with Gasteiger partial charge in [-0.15, -0.1) is 10.2 Å². The summed E-state index contributed by atoms with van der Waals surface area (Å²) >= 11 is 0. The van der Waals surface area contributed by atoms with Crippen molar-refractivity contribution in [1.29, 1.82) is 0 Å². The Labute approximate surface area is 120 Å². The summed E-state index contributed by atoms with van der Waals surface area (Å²) in [5, 5.41) is 11.0. The van der Waals surface area contributed by atoms with Gasteiger partial charge in [0.1, 0.15) is 0 Å². The normalized spacial score (nSPS) is 11.5. The molecular formula is C14H15F3N4. The minimum Gasteiger partial charge on any atom is -0.369 e. The lowest BCUT2D eigenvalue weighted by molar-refractivity contribution is -0.137. The van der Waals surface area contributed by atoms with Gasteiger partial charge in [-0.25, -0.2) is 0 Å². The minimum absolute atomic E-state index is 0.0545. The molecule has 7 heteroatoms. The zero-order valence-corrected chi connectivity index (χ0v) is 11.9. The van der Waals surface area contributed by atoms with Gasteiger partial charge in [-0.3, -0.25) is 4.98 Å². The number of hydrogen-bond acceptors (Lipinski definition) is 4. The molecule has 4 nitrogen and oxygen atoms in total. The SMILES string of the molecule is CCNc1nnc(-c2cnccc2C(F)(F)F)c(C)c1C.